The zero-order chi connectivity index (χ0) is 23.4. The third kappa shape index (κ3) is 5.85. The van der Waals surface area contributed by atoms with Crippen LogP contribution in [-0.4, -0.2) is 30.2 Å². The summed E-state index contributed by atoms with van der Waals surface area (Å²) in [6.07, 6.45) is 1.50. The van der Waals surface area contributed by atoms with Crippen molar-refractivity contribution >= 4 is 38.9 Å². The van der Waals surface area contributed by atoms with Gasteiger partial charge in [-0.25, -0.2) is 13.4 Å². The summed E-state index contributed by atoms with van der Waals surface area (Å²) < 4.78 is 23.8. The van der Waals surface area contributed by atoms with Crippen LogP contribution < -0.4 is 10.6 Å². The lowest BCUT2D eigenvalue weighted by atomic mass is 10.1. The number of nitrogens with one attached hydrogen (secondary N) is 2. The predicted octanol–water partition coefficient (Wildman–Crippen LogP) is 3.99. The number of aliphatic hydroxyl groups is 1. The highest BCUT2D eigenvalue weighted by molar-refractivity contribution is 7.91. The molecule has 168 valence electrons. The molecular weight excluding hydrogens is 450 g/mol. The summed E-state index contributed by atoms with van der Waals surface area (Å²) >= 11 is 6.30. The first-order valence-corrected chi connectivity index (χ1v) is 12.0. The number of hydrogen-bond acceptors (Lipinski definition) is 6. The molecule has 0 spiro atoms. The van der Waals surface area contributed by atoms with Crippen molar-refractivity contribution in [2.24, 2.45) is 0 Å². The number of benzene rings is 2. The van der Waals surface area contributed by atoms with Gasteiger partial charge in [-0.1, -0.05) is 61.0 Å². The lowest BCUT2D eigenvalue weighted by Crippen LogP contribution is -2.31. The summed E-state index contributed by atoms with van der Waals surface area (Å²) in [5.41, 5.74) is 0.331. The van der Waals surface area contributed by atoms with E-state index in [0.29, 0.717) is 16.8 Å². The minimum Gasteiger partial charge on any atom is -0.367 e. The van der Waals surface area contributed by atoms with Crippen LogP contribution in [0.3, 0.4) is 0 Å². The molecule has 2 aromatic carbocycles. The Labute approximate surface area is 192 Å². The molecule has 1 aromatic heterocycles. The Hall–Kier alpha value is -2.94. The van der Waals surface area contributed by atoms with E-state index in [1.807, 2.05) is 18.2 Å². The van der Waals surface area contributed by atoms with E-state index >= 15 is 0 Å². The van der Waals surface area contributed by atoms with Crippen LogP contribution in [-0.2, 0) is 26.8 Å². The van der Waals surface area contributed by atoms with Gasteiger partial charge in [0, 0.05) is 5.56 Å². The molecule has 0 bridgehead atoms. The maximum Gasteiger partial charge on any atom is 0.228 e. The number of halogens is 1. The second kappa shape index (κ2) is 9.68. The van der Waals surface area contributed by atoms with Gasteiger partial charge in [0.2, 0.25) is 5.91 Å². The zero-order valence-corrected chi connectivity index (χ0v) is 19.2. The Morgan fingerprint density at radius 3 is 2.38 bits per heavy atom. The molecule has 7 nitrogen and oxygen atoms in total. The average molecular weight is 474 g/mol. The molecule has 0 saturated carbocycles. The Morgan fingerprint density at radius 1 is 1.12 bits per heavy atom. The molecular formula is C23H24ClN3O4S. The van der Waals surface area contributed by atoms with Gasteiger partial charge in [0.1, 0.15) is 5.82 Å². The first kappa shape index (κ1) is 23.7. The van der Waals surface area contributed by atoms with Crippen molar-refractivity contribution in [3.63, 3.8) is 0 Å². The summed E-state index contributed by atoms with van der Waals surface area (Å²) in [4.78, 5) is 16.8. The van der Waals surface area contributed by atoms with Crippen LogP contribution in [0.4, 0.5) is 11.5 Å². The molecule has 0 aliphatic carbocycles. The molecule has 0 aliphatic rings. The van der Waals surface area contributed by atoms with Gasteiger partial charge in [-0.15, -0.1) is 0 Å². The summed E-state index contributed by atoms with van der Waals surface area (Å²) in [7, 11) is -3.28. The topological polar surface area (TPSA) is 108 Å². The molecule has 1 atom stereocenters. The van der Waals surface area contributed by atoms with Crippen LogP contribution >= 0.6 is 11.6 Å². The number of aromatic nitrogens is 1. The van der Waals surface area contributed by atoms with Crippen molar-refractivity contribution in [1.29, 1.82) is 0 Å². The quantitative estimate of drug-likeness (QED) is 0.427. The molecule has 0 radical (unpaired) electrons. The minimum atomic E-state index is -3.28. The molecule has 1 heterocycles. The monoisotopic (exact) mass is 473 g/mol. The highest BCUT2D eigenvalue weighted by Crippen LogP contribution is 2.28. The molecule has 3 aromatic rings. The Kier molecular flexibility index (Phi) is 7.18. The number of carbonyl (C=O) groups excluding carboxylic acids is 1. The van der Waals surface area contributed by atoms with Crippen LogP contribution in [0.15, 0.2) is 71.8 Å². The normalized spacial score (nSPS) is 13.2. The van der Waals surface area contributed by atoms with Gasteiger partial charge in [-0.05, 0) is 30.7 Å². The fourth-order valence-electron chi connectivity index (χ4n) is 3.04. The second-order valence-corrected chi connectivity index (χ2v) is 10.1. The van der Waals surface area contributed by atoms with Crippen molar-refractivity contribution in [3.8, 4) is 0 Å². The predicted molar refractivity (Wildman–Crippen MR) is 125 cm³/mol. The van der Waals surface area contributed by atoms with Crippen LogP contribution in [0.5, 0.6) is 0 Å². The van der Waals surface area contributed by atoms with Crippen LogP contribution in [0.2, 0.25) is 5.02 Å². The average Bonchev–Trinajstić information content (AvgIpc) is 2.76. The molecule has 0 unspecified atom stereocenters. The number of pyridine rings is 1. The van der Waals surface area contributed by atoms with Gasteiger partial charge in [0.25, 0.3) is 0 Å². The first-order valence-electron chi connectivity index (χ1n) is 9.94. The lowest BCUT2D eigenvalue weighted by molar-refractivity contribution is -0.115. The van der Waals surface area contributed by atoms with Crippen molar-refractivity contribution in [2.45, 2.75) is 30.9 Å². The SMILES string of the molecule is CCS(=O)(=O)c1ccc(CC(=O)Nc2cnc(N[C@@](C)(O)c3ccccc3)c(Cl)c2)cc1. The minimum absolute atomic E-state index is 0.0201. The maximum atomic E-state index is 12.4. The molecule has 9 heteroatoms. The molecule has 0 fully saturated rings. The highest BCUT2D eigenvalue weighted by Gasteiger charge is 2.24. The molecule has 1 amide bonds. The number of anilines is 2. The van der Waals surface area contributed by atoms with Crippen LogP contribution in [0, 0.1) is 0 Å². The Morgan fingerprint density at radius 2 is 1.78 bits per heavy atom. The molecule has 0 saturated heterocycles. The van der Waals surface area contributed by atoms with Crippen molar-refractivity contribution in [3.05, 3.63) is 83.0 Å². The summed E-state index contributed by atoms with van der Waals surface area (Å²) in [6.45, 7) is 3.17. The van der Waals surface area contributed by atoms with Crippen molar-refractivity contribution in [1.82, 2.24) is 4.98 Å². The smallest absolute Gasteiger partial charge is 0.228 e. The second-order valence-electron chi connectivity index (χ2n) is 7.39. The molecule has 32 heavy (non-hydrogen) atoms. The third-order valence-corrected chi connectivity index (χ3v) is 6.89. The summed E-state index contributed by atoms with van der Waals surface area (Å²) in [5, 5.41) is 16.6. The maximum absolute atomic E-state index is 12.4. The van der Waals surface area contributed by atoms with Gasteiger partial charge in [0.15, 0.2) is 15.6 Å². The molecule has 3 rings (SSSR count). The fraction of sp³-hybridized carbons (Fsp3) is 0.217. The van der Waals surface area contributed by atoms with Gasteiger partial charge in [-0.2, -0.15) is 0 Å². The molecule has 3 N–H and O–H groups in total. The van der Waals surface area contributed by atoms with E-state index in [-0.39, 0.29) is 33.8 Å². The lowest BCUT2D eigenvalue weighted by Gasteiger charge is -2.26. The van der Waals surface area contributed by atoms with Gasteiger partial charge in [-0.3, -0.25) is 4.79 Å². The van der Waals surface area contributed by atoms with E-state index in [2.05, 4.69) is 15.6 Å². The number of hydrogen-bond donors (Lipinski definition) is 3. The van der Waals surface area contributed by atoms with Crippen LogP contribution in [0.1, 0.15) is 25.0 Å². The van der Waals surface area contributed by atoms with E-state index in [1.54, 1.807) is 38.1 Å². The third-order valence-electron chi connectivity index (χ3n) is 4.85. The summed E-state index contributed by atoms with van der Waals surface area (Å²) in [6, 6.07) is 16.8. The Bertz CT molecular complexity index is 1200. The van der Waals surface area contributed by atoms with E-state index < -0.39 is 15.6 Å². The number of amides is 1. The van der Waals surface area contributed by atoms with E-state index in [1.165, 1.54) is 24.4 Å². The number of nitrogens with zero attached hydrogens (tertiary/aromatic N) is 1. The number of carbonyl (C=O) groups is 1. The largest absolute Gasteiger partial charge is 0.367 e. The zero-order valence-electron chi connectivity index (χ0n) is 17.7. The van der Waals surface area contributed by atoms with E-state index in [4.69, 9.17) is 11.6 Å². The van der Waals surface area contributed by atoms with Gasteiger partial charge in [0.05, 0.1) is 34.0 Å². The number of sulfone groups is 1. The van der Waals surface area contributed by atoms with E-state index in [9.17, 15) is 18.3 Å². The van der Waals surface area contributed by atoms with Crippen molar-refractivity contribution < 1.29 is 18.3 Å². The number of rotatable bonds is 8. The van der Waals surface area contributed by atoms with E-state index in [0.717, 1.165) is 0 Å². The van der Waals surface area contributed by atoms with Crippen molar-refractivity contribution in [2.75, 3.05) is 16.4 Å². The van der Waals surface area contributed by atoms with Crippen LogP contribution in [0.25, 0.3) is 0 Å². The summed E-state index contributed by atoms with van der Waals surface area (Å²) in [5.74, 6) is -0.0103. The van der Waals surface area contributed by atoms with Gasteiger partial charge < -0.3 is 15.7 Å². The molecule has 0 aliphatic heterocycles. The first-order chi connectivity index (χ1) is 15.1. The fourth-order valence-corrected chi connectivity index (χ4v) is 4.13. The standard InChI is InChI=1S/C23H24ClN3O4S/c1-3-32(30,31)19-11-9-16(10-12-19)13-21(28)26-18-14-20(24)22(25-15-18)27-23(2,29)17-7-5-4-6-8-17/h4-12,14-15,29H,3,13H2,1-2H3,(H,25,27)(H,26,28)/t23-/m0/s1. The van der Waals surface area contributed by atoms with Gasteiger partial charge >= 0.3 is 0 Å². The Balaban J connectivity index is 1.64. The highest BCUT2D eigenvalue weighted by atomic mass is 35.5.